The molecule has 0 amide bonds. The van der Waals surface area contributed by atoms with E-state index in [0.29, 0.717) is 11.7 Å². The summed E-state index contributed by atoms with van der Waals surface area (Å²) in [6.07, 6.45) is 0. The van der Waals surface area contributed by atoms with Crippen LogP contribution in [0.15, 0.2) is 156 Å². The summed E-state index contributed by atoms with van der Waals surface area (Å²) < 4.78 is 6.30. The third-order valence-corrected chi connectivity index (χ3v) is 8.50. The smallest absolute Gasteiger partial charge is 0.227 e. The molecule has 0 atom stereocenters. The first kappa shape index (κ1) is 25.4. The summed E-state index contributed by atoms with van der Waals surface area (Å²) in [5, 5.41) is 6.83. The van der Waals surface area contributed by atoms with Crippen LogP contribution in [-0.4, -0.2) is 15.0 Å². The Bertz CT molecular complexity index is 2460. The van der Waals surface area contributed by atoms with E-state index in [1.807, 2.05) is 72.8 Å². The predicted molar refractivity (Wildman–Crippen MR) is 184 cm³/mol. The van der Waals surface area contributed by atoms with Crippen LogP contribution in [0.2, 0.25) is 0 Å². The first-order valence-electron chi connectivity index (χ1n) is 15.0. The van der Waals surface area contributed by atoms with E-state index < -0.39 is 0 Å². The molecule has 0 aliphatic carbocycles. The number of aromatic nitrogens is 3. The minimum atomic E-state index is 0.621. The fraction of sp³-hybridized carbons (Fsp3) is 0. The van der Waals surface area contributed by atoms with Crippen molar-refractivity contribution in [2.24, 2.45) is 0 Å². The zero-order chi connectivity index (χ0) is 29.7. The highest BCUT2D eigenvalue weighted by Crippen LogP contribution is 2.41. The number of nitrogens with zero attached hydrogens (tertiary/aromatic N) is 3. The van der Waals surface area contributed by atoms with Crippen molar-refractivity contribution in [2.45, 2.75) is 0 Å². The maximum atomic E-state index is 6.30. The molecule has 0 saturated heterocycles. The molecule has 0 radical (unpaired) electrons. The fourth-order valence-electron chi connectivity index (χ4n) is 6.36. The quantitative estimate of drug-likeness (QED) is 0.196. The Hall–Kier alpha value is -6.13. The molecule has 9 aromatic rings. The largest absolute Gasteiger partial charge is 0.436 e. The van der Waals surface area contributed by atoms with Crippen molar-refractivity contribution in [3.05, 3.63) is 152 Å². The highest BCUT2D eigenvalue weighted by atomic mass is 16.3. The number of rotatable bonds is 4. The van der Waals surface area contributed by atoms with Gasteiger partial charge >= 0.3 is 0 Å². The average Bonchev–Trinajstić information content (AvgIpc) is 3.57. The average molecular weight is 576 g/mol. The second-order valence-electron chi connectivity index (χ2n) is 11.2. The fourth-order valence-corrected chi connectivity index (χ4v) is 6.36. The molecule has 45 heavy (non-hydrogen) atoms. The van der Waals surface area contributed by atoms with Crippen molar-refractivity contribution in [3.8, 4) is 45.4 Å². The molecule has 0 aliphatic heterocycles. The van der Waals surface area contributed by atoms with Gasteiger partial charge in [-0.05, 0) is 63.3 Å². The lowest BCUT2D eigenvalue weighted by molar-refractivity contribution is 0.620. The van der Waals surface area contributed by atoms with Gasteiger partial charge in [-0.2, -0.15) is 0 Å². The Morgan fingerprint density at radius 2 is 0.911 bits per heavy atom. The summed E-state index contributed by atoms with van der Waals surface area (Å²) in [4.78, 5) is 15.2. The van der Waals surface area contributed by atoms with Gasteiger partial charge in [-0.25, -0.2) is 15.0 Å². The summed E-state index contributed by atoms with van der Waals surface area (Å²) in [5.41, 5.74) is 7.44. The number of oxazole rings is 1. The van der Waals surface area contributed by atoms with Crippen LogP contribution in [0.25, 0.3) is 88.8 Å². The van der Waals surface area contributed by atoms with E-state index in [1.54, 1.807) is 0 Å². The van der Waals surface area contributed by atoms with E-state index >= 15 is 0 Å². The molecule has 4 nitrogen and oxygen atoms in total. The Kier molecular flexibility index (Phi) is 5.78. The van der Waals surface area contributed by atoms with Gasteiger partial charge < -0.3 is 4.42 Å². The van der Waals surface area contributed by atoms with Crippen molar-refractivity contribution in [1.29, 1.82) is 0 Å². The number of benzene rings is 7. The lowest BCUT2D eigenvalue weighted by Gasteiger charge is -2.13. The first-order chi connectivity index (χ1) is 22.3. The van der Waals surface area contributed by atoms with Crippen LogP contribution in [-0.2, 0) is 0 Å². The molecule has 2 aromatic heterocycles. The molecule has 0 unspecified atom stereocenters. The summed E-state index contributed by atoms with van der Waals surface area (Å²) >= 11 is 0. The van der Waals surface area contributed by atoms with Crippen molar-refractivity contribution < 1.29 is 4.42 Å². The van der Waals surface area contributed by atoms with Gasteiger partial charge in [-0.15, -0.1) is 0 Å². The van der Waals surface area contributed by atoms with Gasteiger partial charge in [0.1, 0.15) is 5.52 Å². The molecule has 4 heteroatoms. The van der Waals surface area contributed by atoms with E-state index in [2.05, 4.69) is 78.9 Å². The Morgan fingerprint density at radius 1 is 0.378 bits per heavy atom. The zero-order valence-corrected chi connectivity index (χ0v) is 24.2. The normalized spacial score (nSPS) is 11.6. The molecular weight excluding hydrogens is 550 g/mol. The third kappa shape index (κ3) is 4.27. The SMILES string of the molecule is c1ccc(-c2cc(-c3ccccc3)nc(-c3ccc4c5ccccc5c5c(ccc6oc(-c7ccccc7)nc65)c4c3)n2)cc1. The van der Waals surface area contributed by atoms with Gasteiger partial charge in [0, 0.05) is 27.6 Å². The van der Waals surface area contributed by atoms with E-state index in [9.17, 15) is 0 Å². The molecule has 0 aliphatic rings. The molecule has 0 fully saturated rings. The van der Waals surface area contributed by atoms with Gasteiger partial charge in [-0.1, -0.05) is 115 Å². The van der Waals surface area contributed by atoms with Gasteiger partial charge in [0.25, 0.3) is 0 Å². The van der Waals surface area contributed by atoms with Crippen molar-refractivity contribution in [1.82, 2.24) is 15.0 Å². The molecule has 0 bridgehead atoms. The van der Waals surface area contributed by atoms with Crippen molar-refractivity contribution in [3.63, 3.8) is 0 Å². The maximum absolute atomic E-state index is 6.30. The van der Waals surface area contributed by atoms with Gasteiger partial charge in [0.05, 0.1) is 11.4 Å². The van der Waals surface area contributed by atoms with Crippen LogP contribution in [0.5, 0.6) is 0 Å². The molecule has 0 spiro atoms. The van der Waals surface area contributed by atoms with E-state index in [0.717, 1.165) is 66.3 Å². The van der Waals surface area contributed by atoms with E-state index in [4.69, 9.17) is 19.4 Å². The van der Waals surface area contributed by atoms with Crippen LogP contribution < -0.4 is 0 Å². The molecule has 7 aromatic carbocycles. The Balaban J connectivity index is 1.31. The summed E-state index contributed by atoms with van der Waals surface area (Å²) in [6, 6.07) is 52.0. The highest BCUT2D eigenvalue weighted by Gasteiger charge is 2.18. The third-order valence-electron chi connectivity index (χ3n) is 8.50. The topological polar surface area (TPSA) is 51.8 Å². The molecule has 2 heterocycles. The van der Waals surface area contributed by atoms with Crippen molar-refractivity contribution in [2.75, 3.05) is 0 Å². The second-order valence-corrected chi connectivity index (χ2v) is 11.2. The van der Waals surface area contributed by atoms with Crippen LogP contribution >= 0.6 is 0 Å². The monoisotopic (exact) mass is 575 g/mol. The molecule has 0 saturated carbocycles. The minimum absolute atomic E-state index is 0.621. The van der Waals surface area contributed by atoms with Crippen molar-refractivity contribution >= 4 is 43.4 Å². The van der Waals surface area contributed by atoms with Crippen LogP contribution in [0.1, 0.15) is 0 Å². The lowest BCUT2D eigenvalue weighted by atomic mass is 9.92. The van der Waals surface area contributed by atoms with Crippen LogP contribution in [0, 0.1) is 0 Å². The van der Waals surface area contributed by atoms with E-state index in [1.165, 1.54) is 10.8 Å². The lowest BCUT2D eigenvalue weighted by Crippen LogP contribution is -1.96. The van der Waals surface area contributed by atoms with Crippen LogP contribution in [0.3, 0.4) is 0 Å². The summed E-state index contributed by atoms with van der Waals surface area (Å²) in [5.74, 6) is 1.31. The minimum Gasteiger partial charge on any atom is -0.436 e. The van der Waals surface area contributed by atoms with E-state index in [-0.39, 0.29) is 0 Å². The standard InChI is InChI=1S/C41H25N3O/c1-4-12-26(13-5-1)35-25-36(27-14-6-2-7-15-27)43-40(42-35)29-20-21-31-30-18-10-11-19-32(30)38-33(34(31)24-29)22-23-37-39(38)44-41(45-37)28-16-8-3-9-17-28/h1-25H. The van der Waals surface area contributed by atoms with Crippen LogP contribution in [0.4, 0.5) is 0 Å². The van der Waals surface area contributed by atoms with Gasteiger partial charge in [-0.3, -0.25) is 0 Å². The first-order valence-corrected chi connectivity index (χ1v) is 15.0. The number of hydrogen-bond acceptors (Lipinski definition) is 4. The molecule has 210 valence electrons. The Morgan fingerprint density at radius 3 is 1.58 bits per heavy atom. The number of fused-ring (bicyclic) bond motifs is 8. The summed E-state index contributed by atoms with van der Waals surface area (Å²) in [6.45, 7) is 0. The summed E-state index contributed by atoms with van der Waals surface area (Å²) in [7, 11) is 0. The Labute approximate surface area is 259 Å². The zero-order valence-electron chi connectivity index (χ0n) is 24.2. The molecule has 9 rings (SSSR count). The van der Waals surface area contributed by atoms with Gasteiger partial charge in [0.15, 0.2) is 11.4 Å². The molecule has 0 N–H and O–H groups in total. The maximum Gasteiger partial charge on any atom is 0.227 e. The van der Waals surface area contributed by atoms with Gasteiger partial charge in [0.2, 0.25) is 5.89 Å². The number of hydrogen-bond donors (Lipinski definition) is 0. The second kappa shape index (κ2) is 10.2. The predicted octanol–water partition coefficient (Wildman–Crippen LogP) is 10.7. The highest BCUT2D eigenvalue weighted by molar-refractivity contribution is 6.30. The molecular formula is C41H25N3O.